The number of carbonyl (C=O) groups is 1. The van der Waals surface area contributed by atoms with E-state index in [-0.39, 0.29) is 29.0 Å². The van der Waals surface area contributed by atoms with E-state index >= 15 is 0 Å². The van der Waals surface area contributed by atoms with Crippen molar-refractivity contribution < 1.29 is 9.22 Å². The van der Waals surface area contributed by atoms with E-state index in [4.69, 9.17) is 10.8 Å². The zero-order valence-electron chi connectivity index (χ0n) is 17.0. The van der Waals surface area contributed by atoms with E-state index in [0.29, 0.717) is 11.2 Å². The number of para-hydroxylation sites is 1. The predicted octanol–water partition coefficient (Wildman–Crippen LogP) is 4.10. The molecular formula is C21H29N2O2SeSi. The summed E-state index contributed by atoms with van der Waals surface area (Å²) in [6.45, 7) is 13.0. The van der Waals surface area contributed by atoms with Gasteiger partial charge in [0.1, 0.15) is 0 Å². The van der Waals surface area contributed by atoms with Crippen LogP contribution in [0.4, 0.5) is 5.69 Å². The second-order valence-electron chi connectivity index (χ2n) is 8.52. The summed E-state index contributed by atoms with van der Waals surface area (Å²) < 4.78 is 7.03. The van der Waals surface area contributed by atoms with E-state index in [9.17, 15) is 4.79 Å². The van der Waals surface area contributed by atoms with Crippen molar-refractivity contribution in [3.63, 3.8) is 0 Å². The van der Waals surface area contributed by atoms with Crippen LogP contribution in [0, 0.1) is 18.3 Å². The Balaban J connectivity index is 2.20. The number of β-lactam (4-membered cyclic amide) rings is 1. The Labute approximate surface area is 172 Å². The van der Waals surface area contributed by atoms with Crippen molar-refractivity contribution in [3.05, 3.63) is 30.3 Å². The Hall–Kier alpha value is -1.38. The number of rotatable bonds is 5. The molecule has 0 aliphatic carbocycles. The van der Waals surface area contributed by atoms with Crippen molar-refractivity contribution in [2.24, 2.45) is 10.9 Å². The number of amidine groups is 1. The van der Waals surface area contributed by atoms with Crippen molar-refractivity contribution in [1.82, 2.24) is 4.90 Å². The summed E-state index contributed by atoms with van der Waals surface area (Å²) in [5, 5.41) is 0.0911. The van der Waals surface area contributed by atoms with Crippen LogP contribution in [0.5, 0.6) is 0 Å². The molecule has 1 aromatic rings. The normalized spacial score (nSPS) is 22.2. The van der Waals surface area contributed by atoms with Gasteiger partial charge in [0.05, 0.1) is 0 Å². The van der Waals surface area contributed by atoms with Gasteiger partial charge in [-0.1, -0.05) is 0 Å². The van der Waals surface area contributed by atoms with Crippen LogP contribution < -0.4 is 0 Å². The Morgan fingerprint density at radius 1 is 1.37 bits per heavy atom. The maximum atomic E-state index is 12.9. The van der Waals surface area contributed by atoms with Crippen LogP contribution in [0.15, 0.2) is 35.3 Å². The summed E-state index contributed by atoms with van der Waals surface area (Å²) in [7, 11) is -1.97. The fourth-order valence-electron chi connectivity index (χ4n) is 3.04. The molecule has 1 aliphatic rings. The van der Waals surface area contributed by atoms with E-state index in [1.165, 1.54) is 0 Å². The minimum atomic E-state index is -1.97. The van der Waals surface area contributed by atoms with Crippen LogP contribution >= 0.6 is 0 Å². The van der Waals surface area contributed by atoms with Gasteiger partial charge in [0.25, 0.3) is 0 Å². The average Bonchev–Trinajstić information content (AvgIpc) is 2.53. The zero-order valence-corrected chi connectivity index (χ0v) is 19.7. The second-order valence-corrected chi connectivity index (χ2v) is 14.0. The molecule has 27 heavy (non-hydrogen) atoms. The van der Waals surface area contributed by atoms with Gasteiger partial charge in [0.2, 0.25) is 0 Å². The summed E-state index contributed by atoms with van der Waals surface area (Å²) in [5.74, 6) is 2.50. The first kappa shape index (κ1) is 21.9. The number of likely N-dealkylation sites (tertiary alicyclic amines) is 1. The molecule has 1 fully saturated rings. The van der Waals surface area contributed by atoms with Gasteiger partial charge >= 0.3 is 173 Å². The van der Waals surface area contributed by atoms with E-state index in [1.54, 1.807) is 4.90 Å². The molecule has 1 amide bonds. The Morgan fingerprint density at radius 3 is 2.48 bits per heavy atom. The third-order valence-corrected chi connectivity index (χ3v) is 10.8. The molecule has 1 radical (unpaired) electrons. The number of carbonyl (C=O) groups excluding carboxylic acids is 1. The molecule has 2 rings (SSSR count). The number of aliphatic imine (C=N–C) groups is 1. The fourth-order valence-corrected chi connectivity index (χ4v) is 5.16. The van der Waals surface area contributed by atoms with E-state index in [0.717, 1.165) is 5.69 Å². The van der Waals surface area contributed by atoms with E-state index in [2.05, 4.69) is 60.8 Å². The van der Waals surface area contributed by atoms with Gasteiger partial charge in [0, 0.05) is 0 Å². The molecule has 0 unspecified atom stereocenters. The molecule has 1 heterocycles. The molecule has 6 heteroatoms. The Kier molecular flexibility index (Phi) is 6.75. The van der Waals surface area contributed by atoms with Crippen LogP contribution in [0.1, 0.15) is 34.1 Å². The minimum absolute atomic E-state index is 0.0230. The summed E-state index contributed by atoms with van der Waals surface area (Å²) in [6, 6.07) is 9.48. The molecule has 0 saturated carbocycles. The van der Waals surface area contributed by atoms with Crippen LogP contribution in [0.2, 0.25) is 18.1 Å². The van der Waals surface area contributed by atoms with Crippen molar-refractivity contribution >= 4 is 40.7 Å². The predicted molar refractivity (Wildman–Crippen MR) is 115 cm³/mol. The Bertz CT molecular complexity index is 750. The average molecular weight is 449 g/mol. The molecule has 0 bridgehead atoms. The second kappa shape index (κ2) is 8.32. The summed E-state index contributed by atoms with van der Waals surface area (Å²) >= 11 is 2.93. The third-order valence-electron chi connectivity index (χ3n) is 5.58. The first-order valence-electron chi connectivity index (χ1n) is 9.24. The van der Waals surface area contributed by atoms with Gasteiger partial charge < -0.3 is 0 Å². The van der Waals surface area contributed by atoms with Crippen molar-refractivity contribution in [1.29, 1.82) is 0 Å². The molecule has 1 aromatic carbocycles. The van der Waals surface area contributed by atoms with Gasteiger partial charge in [-0.25, -0.2) is 0 Å². The molecule has 145 valence electrons. The molecule has 1 aliphatic heterocycles. The van der Waals surface area contributed by atoms with E-state index in [1.807, 2.05) is 37.3 Å². The van der Waals surface area contributed by atoms with Gasteiger partial charge in [-0.05, 0) is 0 Å². The Morgan fingerprint density at radius 2 is 1.96 bits per heavy atom. The molecule has 0 N–H and O–H groups in total. The molecule has 3 atom stereocenters. The quantitative estimate of drug-likeness (QED) is 0.224. The fraction of sp³-hybridized carbons (Fsp3) is 0.524. The van der Waals surface area contributed by atoms with Crippen LogP contribution in [-0.4, -0.2) is 52.0 Å². The maximum absolute atomic E-state index is 12.9. The summed E-state index contributed by atoms with van der Waals surface area (Å²) in [4.78, 5) is 19.2. The SMILES string of the molecule is C#CC[C@@H]1[C@@H]([C@@H](C)O[Si](C)(C)C(C)(C)C)C(=O)N1C([Se])=Nc1ccccc1. The molecule has 4 nitrogen and oxygen atoms in total. The van der Waals surface area contributed by atoms with Crippen LogP contribution in [0.25, 0.3) is 0 Å². The zero-order chi connectivity index (χ0) is 20.4. The summed E-state index contributed by atoms with van der Waals surface area (Å²) in [5.41, 5.74) is 0.799. The van der Waals surface area contributed by atoms with Gasteiger partial charge in [0.15, 0.2) is 0 Å². The first-order valence-corrected chi connectivity index (χ1v) is 13.0. The van der Waals surface area contributed by atoms with Gasteiger partial charge in [-0.15, -0.1) is 0 Å². The molecule has 0 aromatic heterocycles. The number of terminal acetylenes is 1. The van der Waals surface area contributed by atoms with Gasteiger partial charge in [-0.2, -0.15) is 0 Å². The number of benzene rings is 1. The molecular weight excluding hydrogens is 419 g/mol. The van der Waals surface area contributed by atoms with Crippen molar-refractivity contribution in [2.75, 3.05) is 0 Å². The molecule has 0 spiro atoms. The standard InChI is InChI=1S/C21H29N2O2SeSi/c1-8-12-17-18(15(2)25-27(6,7)21(3,4)5)19(24)23(17)20(26)22-16-13-10-9-11-14-16/h1,9-11,13-15,17-18H,12H2,2-7H3/t15-,17-,18-/m1/s1. The van der Waals surface area contributed by atoms with Crippen molar-refractivity contribution in [3.8, 4) is 12.3 Å². The summed E-state index contributed by atoms with van der Waals surface area (Å²) in [6.07, 6.45) is 5.90. The number of amides is 1. The number of hydrogen-bond donors (Lipinski definition) is 0. The number of hydrogen-bond acceptors (Lipinski definition) is 3. The first-order chi connectivity index (χ1) is 12.5. The molecule has 1 saturated heterocycles. The number of nitrogens with zero attached hydrogens (tertiary/aromatic N) is 2. The van der Waals surface area contributed by atoms with Crippen LogP contribution in [0.3, 0.4) is 0 Å². The van der Waals surface area contributed by atoms with Crippen molar-refractivity contribution in [2.45, 2.75) is 64.4 Å². The van der Waals surface area contributed by atoms with Crippen LogP contribution in [-0.2, 0) is 9.22 Å². The van der Waals surface area contributed by atoms with E-state index < -0.39 is 8.32 Å². The monoisotopic (exact) mass is 449 g/mol. The van der Waals surface area contributed by atoms with Gasteiger partial charge in [-0.3, -0.25) is 0 Å². The third kappa shape index (κ3) is 4.73. The topological polar surface area (TPSA) is 41.9 Å².